The molecule has 4 rings (SSSR count). The lowest BCUT2D eigenvalue weighted by atomic mass is 10.1. The zero-order chi connectivity index (χ0) is 19.8. The zero-order valence-corrected chi connectivity index (χ0v) is 16.8. The summed E-state index contributed by atoms with van der Waals surface area (Å²) in [5.74, 6) is 0.300. The number of carbonyl (C=O) groups excluding carboxylic acids is 1. The number of nitrogens with zero attached hydrogens (tertiary/aromatic N) is 3. The van der Waals surface area contributed by atoms with Crippen LogP contribution in [0.3, 0.4) is 0 Å². The van der Waals surface area contributed by atoms with E-state index in [1.165, 1.54) is 15.9 Å². The summed E-state index contributed by atoms with van der Waals surface area (Å²) in [4.78, 5) is 35.4. The van der Waals surface area contributed by atoms with Gasteiger partial charge in [0, 0.05) is 17.6 Å². The average Bonchev–Trinajstić information content (AvgIpc) is 3.03. The molecule has 142 valence electrons. The van der Waals surface area contributed by atoms with Gasteiger partial charge in [-0.1, -0.05) is 30.3 Å². The van der Waals surface area contributed by atoms with Gasteiger partial charge in [-0.2, -0.15) is 0 Å². The summed E-state index contributed by atoms with van der Waals surface area (Å²) in [5.41, 5.74) is 3.45. The molecule has 0 fully saturated rings. The molecule has 7 heteroatoms. The summed E-state index contributed by atoms with van der Waals surface area (Å²) in [7, 11) is 0. The molecule has 3 heterocycles. The molecule has 0 aliphatic rings. The smallest absolute Gasteiger partial charge is 0.272 e. The molecule has 0 unspecified atom stereocenters. The van der Waals surface area contributed by atoms with Crippen molar-refractivity contribution in [2.45, 2.75) is 33.9 Å². The van der Waals surface area contributed by atoms with Crippen molar-refractivity contribution >= 4 is 37.7 Å². The molecule has 3 aromatic heterocycles. The normalized spacial score (nSPS) is 11.2. The van der Waals surface area contributed by atoms with Gasteiger partial charge in [0.15, 0.2) is 0 Å². The van der Waals surface area contributed by atoms with E-state index >= 15 is 0 Å². The molecule has 0 spiro atoms. The van der Waals surface area contributed by atoms with Crippen molar-refractivity contribution in [1.29, 1.82) is 0 Å². The third kappa shape index (κ3) is 3.29. The molecule has 0 saturated heterocycles. The van der Waals surface area contributed by atoms with Crippen LogP contribution in [0.2, 0.25) is 0 Å². The zero-order valence-electron chi connectivity index (χ0n) is 15.9. The van der Waals surface area contributed by atoms with Crippen LogP contribution in [-0.2, 0) is 17.9 Å². The quantitative estimate of drug-likeness (QED) is 0.578. The maximum atomic E-state index is 13.1. The molecule has 4 aromatic rings. The first-order chi connectivity index (χ1) is 13.4. The summed E-state index contributed by atoms with van der Waals surface area (Å²) in [6.07, 6.45) is 0. The minimum Gasteiger partial charge on any atom is -0.350 e. The Morgan fingerprint density at radius 1 is 1.14 bits per heavy atom. The summed E-state index contributed by atoms with van der Waals surface area (Å²) >= 11 is 1.34. The molecule has 6 nitrogen and oxygen atoms in total. The number of thiophene rings is 1. The maximum absolute atomic E-state index is 13.1. The molecule has 0 aliphatic carbocycles. The van der Waals surface area contributed by atoms with E-state index in [9.17, 15) is 9.59 Å². The van der Waals surface area contributed by atoms with Crippen molar-refractivity contribution in [3.63, 3.8) is 0 Å². The number of benzene rings is 1. The van der Waals surface area contributed by atoms with Crippen LogP contribution in [0.5, 0.6) is 0 Å². The van der Waals surface area contributed by atoms with Crippen molar-refractivity contribution in [1.82, 2.24) is 19.9 Å². The molecular weight excluding hydrogens is 372 g/mol. The van der Waals surface area contributed by atoms with Gasteiger partial charge in [-0.15, -0.1) is 11.3 Å². The van der Waals surface area contributed by atoms with Crippen LogP contribution in [0, 0.1) is 20.8 Å². The highest BCUT2D eigenvalue weighted by Gasteiger charge is 2.18. The summed E-state index contributed by atoms with van der Waals surface area (Å²) in [5, 5.41) is 3.78. The van der Waals surface area contributed by atoms with Gasteiger partial charge in [0.05, 0.1) is 5.52 Å². The molecule has 1 amide bonds. The van der Waals surface area contributed by atoms with Gasteiger partial charge in [-0.25, -0.2) is 9.97 Å². The van der Waals surface area contributed by atoms with Crippen molar-refractivity contribution in [2.75, 3.05) is 0 Å². The number of hydrogen-bond acceptors (Lipinski definition) is 5. The minimum atomic E-state index is -0.221. The fourth-order valence-electron chi connectivity index (χ4n) is 3.35. The Kier molecular flexibility index (Phi) is 4.68. The fraction of sp³-hybridized carbons (Fsp3) is 0.238. The molecule has 0 radical (unpaired) electrons. The summed E-state index contributed by atoms with van der Waals surface area (Å²) in [6, 6.07) is 11.7. The number of pyridine rings is 1. The van der Waals surface area contributed by atoms with Crippen LogP contribution in [0.25, 0.3) is 20.4 Å². The summed E-state index contributed by atoms with van der Waals surface area (Å²) < 4.78 is 1.97. The molecule has 0 bridgehead atoms. The van der Waals surface area contributed by atoms with Gasteiger partial charge >= 0.3 is 0 Å². The minimum absolute atomic E-state index is 0.0554. The lowest BCUT2D eigenvalue weighted by Gasteiger charge is -2.10. The Bertz CT molecular complexity index is 1260. The third-order valence-corrected chi connectivity index (χ3v) is 5.76. The van der Waals surface area contributed by atoms with Gasteiger partial charge in [0.2, 0.25) is 5.91 Å². The second-order valence-corrected chi connectivity index (χ2v) is 7.85. The molecule has 0 saturated carbocycles. The Balaban J connectivity index is 1.68. The van der Waals surface area contributed by atoms with Gasteiger partial charge in [0.25, 0.3) is 5.56 Å². The predicted octanol–water partition coefficient (Wildman–Crippen LogP) is 3.25. The molecule has 1 N–H and O–H groups in total. The van der Waals surface area contributed by atoms with Gasteiger partial charge in [0.1, 0.15) is 21.9 Å². The number of amides is 1. The average molecular weight is 392 g/mol. The molecule has 0 aliphatic heterocycles. The van der Waals surface area contributed by atoms with E-state index in [0.29, 0.717) is 22.6 Å². The van der Waals surface area contributed by atoms with Crippen LogP contribution < -0.4 is 10.9 Å². The Morgan fingerprint density at radius 3 is 2.64 bits per heavy atom. The number of carbonyl (C=O) groups is 1. The number of rotatable bonds is 4. The molecule has 1 aromatic carbocycles. The first-order valence-electron chi connectivity index (χ1n) is 9.02. The lowest BCUT2D eigenvalue weighted by molar-refractivity contribution is -0.121. The van der Waals surface area contributed by atoms with Gasteiger partial charge in [-0.3, -0.25) is 14.2 Å². The Morgan fingerprint density at radius 2 is 1.89 bits per heavy atom. The topological polar surface area (TPSA) is 76.9 Å². The number of aryl methyl sites for hydroxylation is 3. The molecule has 28 heavy (non-hydrogen) atoms. The number of fused-ring (bicyclic) bond motifs is 3. The van der Waals surface area contributed by atoms with Crippen molar-refractivity contribution in [3.8, 4) is 0 Å². The van der Waals surface area contributed by atoms with E-state index in [1.54, 1.807) is 6.92 Å². The van der Waals surface area contributed by atoms with E-state index in [1.807, 2.05) is 50.2 Å². The fourth-order valence-corrected chi connectivity index (χ4v) is 4.53. The van der Waals surface area contributed by atoms with E-state index in [-0.39, 0.29) is 18.0 Å². The highest BCUT2D eigenvalue weighted by molar-refractivity contribution is 7.25. The monoisotopic (exact) mass is 392 g/mol. The van der Waals surface area contributed by atoms with E-state index in [4.69, 9.17) is 0 Å². The highest BCUT2D eigenvalue weighted by Crippen LogP contribution is 2.32. The second kappa shape index (κ2) is 7.16. The van der Waals surface area contributed by atoms with E-state index < -0.39 is 0 Å². The largest absolute Gasteiger partial charge is 0.350 e. The van der Waals surface area contributed by atoms with Crippen molar-refractivity contribution < 1.29 is 4.79 Å². The lowest BCUT2D eigenvalue weighted by Crippen LogP contribution is -2.33. The Labute approximate surface area is 165 Å². The SMILES string of the molecule is Cc1cc(C)c2c(n1)sc1c(=O)n(CC(=O)NCc3ccccc3)c(C)nc12. The second-order valence-electron chi connectivity index (χ2n) is 6.85. The molecular formula is C21H20N4O2S. The van der Waals surface area contributed by atoms with Crippen LogP contribution in [0.4, 0.5) is 0 Å². The van der Waals surface area contributed by atoms with Crippen LogP contribution in [0.1, 0.15) is 22.6 Å². The van der Waals surface area contributed by atoms with Crippen molar-refractivity contribution in [2.24, 2.45) is 0 Å². The molecule has 0 atom stereocenters. The number of nitrogens with one attached hydrogen (secondary N) is 1. The summed E-state index contributed by atoms with van der Waals surface area (Å²) in [6.45, 7) is 6.06. The van der Waals surface area contributed by atoms with Crippen LogP contribution in [-0.4, -0.2) is 20.4 Å². The Hall–Kier alpha value is -3.06. The number of hydrogen-bond donors (Lipinski definition) is 1. The standard InChI is InChI=1S/C21H20N4O2S/c1-12-9-13(2)23-20-17(12)18-19(28-20)21(27)25(14(3)24-18)11-16(26)22-10-15-7-5-4-6-8-15/h4-9H,10-11H2,1-3H3,(H,22,26). The van der Waals surface area contributed by atoms with Gasteiger partial charge in [-0.05, 0) is 38.0 Å². The third-order valence-electron chi connectivity index (χ3n) is 4.70. The number of aromatic nitrogens is 3. The first kappa shape index (κ1) is 18.3. The van der Waals surface area contributed by atoms with Gasteiger partial charge < -0.3 is 5.32 Å². The van der Waals surface area contributed by atoms with Crippen LogP contribution >= 0.6 is 11.3 Å². The van der Waals surface area contributed by atoms with Crippen molar-refractivity contribution in [3.05, 3.63) is 69.4 Å². The van der Waals surface area contributed by atoms with Crippen LogP contribution in [0.15, 0.2) is 41.2 Å². The first-order valence-corrected chi connectivity index (χ1v) is 9.84. The predicted molar refractivity (Wildman–Crippen MR) is 112 cm³/mol. The maximum Gasteiger partial charge on any atom is 0.272 e. The van der Waals surface area contributed by atoms with E-state index in [2.05, 4.69) is 15.3 Å². The highest BCUT2D eigenvalue weighted by atomic mass is 32.1. The van der Waals surface area contributed by atoms with E-state index in [0.717, 1.165) is 27.0 Å².